The maximum absolute atomic E-state index is 12.5. The summed E-state index contributed by atoms with van der Waals surface area (Å²) in [5, 5.41) is 3.07. The van der Waals surface area contributed by atoms with Gasteiger partial charge in [-0.05, 0) is 74.7 Å². The minimum absolute atomic E-state index is 0.0385. The Labute approximate surface area is 168 Å². The second kappa shape index (κ2) is 7.28. The number of carbonyl (C=O) groups excluding carboxylic acids is 2. The first-order chi connectivity index (χ1) is 13.2. The topological polar surface area (TPSA) is 84.7 Å². The van der Waals surface area contributed by atoms with Crippen molar-refractivity contribution in [2.45, 2.75) is 70.8 Å². The van der Waals surface area contributed by atoms with E-state index in [-0.39, 0.29) is 29.9 Å². The Morgan fingerprint density at radius 2 is 1.86 bits per heavy atom. The molecular formula is C22H37N3O3. The van der Waals surface area contributed by atoms with Gasteiger partial charge in [-0.25, -0.2) is 0 Å². The zero-order chi connectivity index (χ0) is 20.0. The third-order valence-electron chi connectivity index (χ3n) is 7.64. The lowest BCUT2D eigenvalue weighted by Gasteiger charge is -2.65. The van der Waals surface area contributed by atoms with E-state index in [0.29, 0.717) is 30.5 Å². The molecule has 5 rings (SSSR count). The predicted octanol–water partition coefficient (Wildman–Crippen LogP) is 2.07. The standard InChI is InChI=1S/C22H37N3O3/c1-20-8-16-9-21(2,13-20)15-22(10-16,14-20)28-7-5-24-19(27)17-4-3-6-25(11-17)12-18(23)26/h16-17H,3-15H2,1-2H3,(H2,23,26)(H,24,27). The number of carbonyl (C=O) groups is 2. The second-order valence-electron chi connectivity index (χ2n) is 11.0. The monoisotopic (exact) mass is 391 g/mol. The minimum Gasteiger partial charge on any atom is -0.373 e. The molecule has 3 atom stereocenters. The van der Waals surface area contributed by atoms with Crippen LogP contribution in [0.3, 0.4) is 0 Å². The van der Waals surface area contributed by atoms with E-state index >= 15 is 0 Å². The lowest BCUT2D eigenvalue weighted by molar-refractivity contribution is -0.213. The summed E-state index contributed by atoms with van der Waals surface area (Å²) >= 11 is 0. The summed E-state index contributed by atoms with van der Waals surface area (Å²) in [6, 6.07) is 0. The maximum Gasteiger partial charge on any atom is 0.231 e. The van der Waals surface area contributed by atoms with E-state index in [0.717, 1.165) is 25.3 Å². The molecule has 4 saturated carbocycles. The smallest absolute Gasteiger partial charge is 0.231 e. The lowest BCUT2D eigenvalue weighted by Crippen LogP contribution is -2.59. The van der Waals surface area contributed by atoms with Crippen LogP contribution in [0.4, 0.5) is 0 Å². The number of ether oxygens (including phenoxy) is 1. The van der Waals surface area contributed by atoms with Gasteiger partial charge in [0.2, 0.25) is 11.8 Å². The van der Waals surface area contributed by atoms with Crippen molar-refractivity contribution in [1.82, 2.24) is 10.2 Å². The highest BCUT2D eigenvalue weighted by atomic mass is 16.5. The van der Waals surface area contributed by atoms with E-state index in [9.17, 15) is 9.59 Å². The summed E-state index contributed by atoms with van der Waals surface area (Å²) in [5.41, 5.74) is 6.22. The van der Waals surface area contributed by atoms with E-state index < -0.39 is 0 Å². The van der Waals surface area contributed by atoms with Crippen LogP contribution in [-0.2, 0) is 14.3 Å². The van der Waals surface area contributed by atoms with Gasteiger partial charge in [-0.2, -0.15) is 0 Å². The average molecular weight is 392 g/mol. The van der Waals surface area contributed by atoms with Crippen molar-refractivity contribution in [3.05, 3.63) is 0 Å². The summed E-state index contributed by atoms with van der Waals surface area (Å²) in [6.07, 6.45) is 9.48. The fraction of sp³-hybridized carbons (Fsp3) is 0.909. The van der Waals surface area contributed by atoms with Gasteiger partial charge < -0.3 is 15.8 Å². The van der Waals surface area contributed by atoms with Crippen LogP contribution in [0.5, 0.6) is 0 Å². The first-order valence-electron chi connectivity index (χ1n) is 11.1. The Bertz CT molecular complexity index is 619. The van der Waals surface area contributed by atoms with Gasteiger partial charge in [0, 0.05) is 13.1 Å². The molecule has 1 saturated heterocycles. The van der Waals surface area contributed by atoms with Gasteiger partial charge >= 0.3 is 0 Å². The Hall–Kier alpha value is -1.14. The third kappa shape index (κ3) is 4.23. The molecule has 5 aliphatic rings. The van der Waals surface area contributed by atoms with Crippen LogP contribution in [0.25, 0.3) is 0 Å². The number of nitrogens with zero attached hydrogens (tertiary/aromatic N) is 1. The fourth-order valence-electron chi connectivity index (χ4n) is 7.72. The number of hydrogen-bond acceptors (Lipinski definition) is 4. The molecule has 6 nitrogen and oxygen atoms in total. The number of primary amides is 1. The Morgan fingerprint density at radius 3 is 2.50 bits per heavy atom. The van der Waals surface area contributed by atoms with Gasteiger partial charge in [0.25, 0.3) is 0 Å². The van der Waals surface area contributed by atoms with Crippen LogP contribution in [-0.4, -0.2) is 55.1 Å². The van der Waals surface area contributed by atoms with Crippen LogP contribution in [0, 0.1) is 22.7 Å². The molecule has 0 aromatic rings. The van der Waals surface area contributed by atoms with E-state index in [2.05, 4.69) is 19.2 Å². The van der Waals surface area contributed by atoms with E-state index in [1.165, 1.54) is 38.5 Å². The number of nitrogens with one attached hydrogen (secondary N) is 1. The van der Waals surface area contributed by atoms with Crippen LogP contribution >= 0.6 is 0 Å². The number of amides is 2. The van der Waals surface area contributed by atoms with Crippen molar-refractivity contribution in [3.63, 3.8) is 0 Å². The molecule has 2 amide bonds. The molecule has 0 spiro atoms. The van der Waals surface area contributed by atoms with Crippen LogP contribution in [0.15, 0.2) is 0 Å². The summed E-state index contributed by atoms with van der Waals surface area (Å²) < 4.78 is 6.50. The molecule has 6 heteroatoms. The van der Waals surface area contributed by atoms with Crippen LogP contribution in [0.1, 0.15) is 65.2 Å². The largest absolute Gasteiger partial charge is 0.373 e. The van der Waals surface area contributed by atoms with Gasteiger partial charge in [0.15, 0.2) is 0 Å². The normalized spacial score (nSPS) is 42.5. The highest BCUT2D eigenvalue weighted by Crippen LogP contribution is 2.67. The van der Waals surface area contributed by atoms with E-state index in [1.807, 2.05) is 4.90 Å². The summed E-state index contributed by atoms with van der Waals surface area (Å²) in [4.78, 5) is 25.7. The number of hydrogen-bond donors (Lipinski definition) is 2. The van der Waals surface area contributed by atoms with Gasteiger partial charge in [-0.1, -0.05) is 13.8 Å². The third-order valence-corrected chi connectivity index (χ3v) is 7.64. The highest BCUT2D eigenvalue weighted by Gasteiger charge is 2.60. The first kappa shape index (κ1) is 20.1. The first-order valence-corrected chi connectivity index (χ1v) is 11.1. The zero-order valence-corrected chi connectivity index (χ0v) is 17.6. The molecule has 3 unspecified atom stereocenters. The molecule has 4 aliphatic carbocycles. The second-order valence-corrected chi connectivity index (χ2v) is 11.0. The number of piperidine rings is 1. The van der Waals surface area contributed by atoms with E-state index in [1.54, 1.807) is 0 Å². The molecule has 1 heterocycles. The lowest BCUT2D eigenvalue weighted by atomic mass is 9.43. The molecule has 5 fully saturated rings. The number of likely N-dealkylation sites (tertiary alicyclic amines) is 1. The molecule has 3 N–H and O–H groups in total. The summed E-state index contributed by atoms with van der Waals surface area (Å²) in [6.45, 7) is 7.80. The van der Waals surface area contributed by atoms with Crippen molar-refractivity contribution in [2.24, 2.45) is 28.4 Å². The van der Waals surface area contributed by atoms with Gasteiger partial charge in [-0.3, -0.25) is 14.5 Å². The molecule has 28 heavy (non-hydrogen) atoms. The van der Waals surface area contributed by atoms with Crippen molar-refractivity contribution >= 4 is 11.8 Å². The van der Waals surface area contributed by atoms with Crippen LogP contribution < -0.4 is 11.1 Å². The zero-order valence-electron chi connectivity index (χ0n) is 17.6. The predicted molar refractivity (Wildman–Crippen MR) is 107 cm³/mol. The van der Waals surface area contributed by atoms with Gasteiger partial charge in [-0.15, -0.1) is 0 Å². The van der Waals surface area contributed by atoms with Crippen molar-refractivity contribution < 1.29 is 14.3 Å². The van der Waals surface area contributed by atoms with Gasteiger partial charge in [0.1, 0.15) is 0 Å². The average Bonchev–Trinajstić information content (AvgIpc) is 2.55. The molecule has 4 bridgehead atoms. The van der Waals surface area contributed by atoms with Gasteiger partial charge in [0.05, 0.1) is 24.7 Å². The Morgan fingerprint density at radius 1 is 1.14 bits per heavy atom. The maximum atomic E-state index is 12.5. The molecule has 0 aromatic carbocycles. The van der Waals surface area contributed by atoms with Crippen molar-refractivity contribution in [3.8, 4) is 0 Å². The number of nitrogens with two attached hydrogens (primary N) is 1. The van der Waals surface area contributed by atoms with E-state index in [4.69, 9.17) is 10.5 Å². The minimum atomic E-state index is -0.326. The molecule has 158 valence electrons. The SMILES string of the molecule is CC12CC3CC(C)(C1)CC(OCCNC(=O)C1CCCN(CC(N)=O)C1)(C3)C2. The quantitative estimate of drug-likeness (QED) is 0.651. The van der Waals surface area contributed by atoms with Crippen molar-refractivity contribution in [2.75, 3.05) is 32.8 Å². The molecule has 0 aromatic heterocycles. The summed E-state index contributed by atoms with van der Waals surface area (Å²) in [7, 11) is 0. The Kier molecular flexibility index (Phi) is 5.24. The van der Waals surface area contributed by atoms with Crippen LogP contribution in [0.2, 0.25) is 0 Å². The summed E-state index contributed by atoms with van der Waals surface area (Å²) in [5.74, 6) is 0.527. The highest BCUT2D eigenvalue weighted by molar-refractivity contribution is 5.79. The molecular weight excluding hydrogens is 354 g/mol. The fourth-order valence-corrected chi connectivity index (χ4v) is 7.72. The Balaban J connectivity index is 1.24. The number of rotatable bonds is 7. The molecule has 1 aliphatic heterocycles. The van der Waals surface area contributed by atoms with Crippen molar-refractivity contribution in [1.29, 1.82) is 0 Å². The molecule has 0 radical (unpaired) electrons.